The molecule has 2 N–H and O–H groups in total. The van der Waals surface area contributed by atoms with Crippen LogP contribution in [0, 0.1) is 0 Å². The van der Waals surface area contributed by atoms with Crippen LogP contribution >= 0.6 is 0 Å². The fourth-order valence-corrected chi connectivity index (χ4v) is 4.94. The Morgan fingerprint density at radius 1 is 1.02 bits per heavy atom. The van der Waals surface area contributed by atoms with Gasteiger partial charge in [0.25, 0.3) is 11.8 Å². The molecule has 0 unspecified atom stereocenters. The molecule has 1 aliphatic heterocycles. The SMILES string of the molecule is COc1cccc2c1OCCCn1cc(nn1)CCN(C(=O)c1ccncc1)CCNC(=O)[C@H](Cc1ccccc1)NC2=O. The van der Waals surface area contributed by atoms with E-state index in [0.29, 0.717) is 43.0 Å². The Kier molecular flexibility index (Phi) is 10.1. The Balaban J connectivity index is 1.42. The van der Waals surface area contributed by atoms with Crippen molar-refractivity contribution in [1.82, 2.24) is 35.5 Å². The van der Waals surface area contributed by atoms with E-state index in [9.17, 15) is 14.4 Å². The lowest BCUT2D eigenvalue weighted by atomic mass is 10.0. The van der Waals surface area contributed by atoms with Gasteiger partial charge in [-0.1, -0.05) is 41.6 Å². The Labute approximate surface area is 255 Å². The van der Waals surface area contributed by atoms with Gasteiger partial charge in [-0.15, -0.1) is 5.10 Å². The lowest BCUT2D eigenvalue weighted by Gasteiger charge is -2.24. The van der Waals surface area contributed by atoms with E-state index < -0.39 is 11.9 Å². The van der Waals surface area contributed by atoms with Gasteiger partial charge in [-0.3, -0.25) is 24.0 Å². The highest BCUT2D eigenvalue weighted by atomic mass is 16.5. The molecule has 0 spiro atoms. The fraction of sp³-hybridized carbons (Fsp3) is 0.312. The number of aromatic nitrogens is 4. The summed E-state index contributed by atoms with van der Waals surface area (Å²) in [6, 6.07) is 17.0. The number of hydrogen-bond acceptors (Lipinski definition) is 8. The Morgan fingerprint density at radius 3 is 2.64 bits per heavy atom. The highest BCUT2D eigenvalue weighted by Gasteiger charge is 2.26. The standard InChI is InChI=1S/C32H35N7O5/c1-43-28-10-5-9-26-29(28)44-20-6-17-39-22-25(36-37-39)13-18-38(32(42)24-11-14-33-15-12-24)19-16-34-31(41)27(35-30(26)40)21-23-7-3-2-4-8-23/h2-5,7-12,14-15,22,27H,6,13,16-21H2,1H3,(H,34,41)(H,35,40)/t27-/m0/s1. The summed E-state index contributed by atoms with van der Waals surface area (Å²) in [7, 11) is 1.51. The Hall–Kier alpha value is -5.26. The summed E-state index contributed by atoms with van der Waals surface area (Å²) in [5.41, 5.74) is 2.38. The number of benzene rings is 2. The molecule has 0 saturated heterocycles. The molecule has 12 nitrogen and oxygen atoms in total. The topological polar surface area (TPSA) is 141 Å². The summed E-state index contributed by atoms with van der Waals surface area (Å²) in [6.45, 7) is 1.63. The van der Waals surface area contributed by atoms with Gasteiger partial charge in [-0.25, -0.2) is 0 Å². The molecule has 0 fully saturated rings. The number of methoxy groups -OCH3 is 1. The van der Waals surface area contributed by atoms with Gasteiger partial charge >= 0.3 is 0 Å². The number of fused-ring (bicyclic) bond motifs is 3. The minimum Gasteiger partial charge on any atom is -0.493 e. The molecular weight excluding hydrogens is 562 g/mol. The second-order valence-corrected chi connectivity index (χ2v) is 10.3. The number of carbonyl (C=O) groups excluding carboxylic acids is 3. The Bertz CT molecular complexity index is 1560. The van der Waals surface area contributed by atoms with E-state index in [0.717, 1.165) is 11.3 Å². The van der Waals surface area contributed by atoms with Crippen molar-refractivity contribution in [2.24, 2.45) is 0 Å². The number of pyridine rings is 1. The number of carbonyl (C=O) groups is 3. The van der Waals surface area contributed by atoms with Gasteiger partial charge < -0.3 is 25.0 Å². The third kappa shape index (κ3) is 7.77. The lowest BCUT2D eigenvalue weighted by molar-refractivity contribution is -0.123. The van der Waals surface area contributed by atoms with Crippen LogP contribution in [0.1, 0.15) is 38.4 Å². The molecule has 1 aliphatic rings. The van der Waals surface area contributed by atoms with E-state index >= 15 is 0 Å². The van der Waals surface area contributed by atoms with Gasteiger partial charge in [0.1, 0.15) is 6.04 Å². The number of amides is 3. The van der Waals surface area contributed by atoms with Crippen molar-refractivity contribution >= 4 is 17.7 Å². The van der Waals surface area contributed by atoms with Crippen LogP contribution in [0.25, 0.3) is 0 Å². The van der Waals surface area contributed by atoms with Gasteiger partial charge in [0.15, 0.2) is 11.5 Å². The summed E-state index contributed by atoms with van der Waals surface area (Å²) in [5.74, 6) is -0.312. The summed E-state index contributed by atoms with van der Waals surface area (Å²) in [6.07, 6.45) is 6.33. The van der Waals surface area contributed by atoms with Crippen LogP contribution in [0.3, 0.4) is 0 Å². The summed E-state index contributed by atoms with van der Waals surface area (Å²) in [4.78, 5) is 46.2. The van der Waals surface area contributed by atoms with E-state index in [1.165, 1.54) is 7.11 Å². The predicted molar refractivity (Wildman–Crippen MR) is 161 cm³/mol. The number of hydrogen-bond donors (Lipinski definition) is 2. The van der Waals surface area contributed by atoms with E-state index in [2.05, 4.69) is 25.9 Å². The van der Waals surface area contributed by atoms with Crippen LogP contribution in [0.5, 0.6) is 11.5 Å². The van der Waals surface area contributed by atoms with Crippen LogP contribution in [0.4, 0.5) is 0 Å². The van der Waals surface area contributed by atoms with E-state index in [4.69, 9.17) is 9.47 Å². The molecule has 12 heteroatoms. The van der Waals surface area contributed by atoms with Gasteiger partial charge in [-0.05, 0) is 29.8 Å². The third-order valence-corrected chi connectivity index (χ3v) is 7.25. The Morgan fingerprint density at radius 2 is 1.84 bits per heavy atom. The third-order valence-electron chi connectivity index (χ3n) is 7.25. The zero-order valence-electron chi connectivity index (χ0n) is 24.5. The molecule has 2 aromatic carbocycles. The smallest absolute Gasteiger partial charge is 0.255 e. The molecule has 3 heterocycles. The fourth-order valence-electron chi connectivity index (χ4n) is 4.94. The van der Waals surface area contributed by atoms with Gasteiger partial charge in [0.2, 0.25) is 5.91 Å². The minimum atomic E-state index is -0.885. The van der Waals surface area contributed by atoms with Crippen LogP contribution in [0.15, 0.2) is 79.3 Å². The van der Waals surface area contributed by atoms with E-state index in [1.807, 2.05) is 36.5 Å². The maximum absolute atomic E-state index is 13.6. The average molecular weight is 598 g/mol. The van der Waals surface area contributed by atoms with Gasteiger partial charge in [-0.2, -0.15) is 0 Å². The summed E-state index contributed by atoms with van der Waals surface area (Å²) < 4.78 is 13.3. The van der Waals surface area contributed by atoms with Crippen LogP contribution in [-0.2, 0) is 24.2 Å². The molecule has 0 radical (unpaired) electrons. The van der Waals surface area contributed by atoms with E-state index in [-0.39, 0.29) is 43.5 Å². The molecule has 2 bridgehead atoms. The first-order chi connectivity index (χ1) is 21.5. The van der Waals surface area contributed by atoms with Crippen molar-refractivity contribution in [1.29, 1.82) is 0 Å². The van der Waals surface area contributed by atoms with E-state index in [1.54, 1.807) is 52.3 Å². The second kappa shape index (κ2) is 14.8. The first kappa shape index (κ1) is 30.2. The number of nitrogens with zero attached hydrogens (tertiary/aromatic N) is 5. The molecule has 5 rings (SSSR count). The first-order valence-electron chi connectivity index (χ1n) is 14.5. The van der Waals surface area contributed by atoms with Gasteiger partial charge in [0.05, 0.1) is 25.0 Å². The molecule has 2 aromatic heterocycles. The largest absolute Gasteiger partial charge is 0.493 e. The molecule has 0 aliphatic carbocycles. The lowest BCUT2D eigenvalue weighted by Crippen LogP contribution is -2.50. The average Bonchev–Trinajstić information content (AvgIpc) is 3.51. The quantitative estimate of drug-likeness (QED) is 0.365. The molecule has 44 heavy (non-hydrogen) atoms. The van der Waals surface area contributed by atoms with Crippen molar-refractivity contribution < 1.29 is 23.9 Å². The van der Waals surface area contributed by atoms with Crippen molar-refractivity contribution in [3.8, 4) is 11.5 Å². The highest BCUT2D eigenvalue weighted by Crippen LogP contribution is 2.31. The highest BCUT2D eigenvalue weighted by molar-refractivity contribution is 6.00. The predicted octanol–water partition coefficient (Wildman–Crippen LogP) is 2.31. The first-order valence-corrected chi connectivity index (χ1v) is 14.5. The summed E-state index contributed by atoms with van der Waals surface area (Å²) >= 11 is 0. The molecular formula is C32H35N7O5. The second-order valence-electron chi connectivity index (χ2n) is 10.3. The maximum atomic E-state index is 13.6. The normalized spacial score (nSPS) is 16.7. The van der Waals surface area contributed by atoms with Crippen LogP contribution < -0.4 is 20.1 Å². The number of nitrogens with one attached hydrogen (secondary N) is 2. The number of ether oxygens (including phenoxy) is 2. The zero-order chi connectivity index (χ0) is 30.7. The molecule has 228 valence electrons. The molecule has 4 aromatic rings. The van der Waals surface area contributed by atoms with Crippen molar-refractivity contribution in [2.45, 2.75) is 31.8 Å². The number of rotatable bonds is 4. The minimum absolute atomic E-state index is 0.178. The van der Waals surface area contributed by atoms with Crippen molar-refractivity contribution in [3.05, 3.63) is 102 Å². The van der Waals surface area contributed by atoms with Crippen LogP contribution in [-0.4, -0.2) is 82.0 Å². The zero-order valence-corrected chi connectivity index (χ0v) is 24.5. The monoisotopic (exact) mass is 597 g/mol. The molecule has 1 atom stereocenters. The maximum Gasteiger partial charge on any atom is 0.255 e. The number of para-hydroxylation sites is 1. The molecule has 3 amide bonds. The summed E-state index contributed by atoms with van der Waals surface area (Å²) in [5, 5.41) is 14.3. The van der Waals surface area contributed by atoms with Crippen molar-refractivity contribution in [3.63, 3.8) is 0 Å². The van der Waals surface area contributed by atoms with Crippen molar-refractivity contribution in [2.75, 3.05) is 33.4 Å². The molecule has 0 saturated carbocycles. The number of aryl methyl sites for hydroxylation is 1. The van der Waals surface area contributed by atoms with Crippen LogP contribution in [0.2, 0.25) is 0 Å². The van der Waals surface area contributed by atoms with Gasteiger partial charge in [0, 0.05) is 69.6 Å².